The zero-order chi connectivity index (χ0) is 17.5. The van der Waals surface area contributed by atoms with E-state index >= 15 is 0 Å². The van der Waals surface area contributed by atoms with E-state index in [0.29, 0.717) is 34.0 Å². The molecule has 0 bridgehead atoms. The molecule has 0 spiro atoms. The first-order chi connectivity index (χ1) is 12.8. The van der Waals surface area contributed by atoms with Crippen LogP contribution in [0.2, 0.25) is 0 Å². The number of rotatable bonds is 4. The van der Waals surface area contributed by atoms with E-state index in [4.69, 9.17) is 0 Å². The first-order valence-electron chi connectivity index (χ1n) is 8.41. The first kappa shape index (κ1) is 14.8. The van der Waals surface area contributed by atoms with Crippen LogP contribution >= 0.6 is 0 Å². The molecule has 0 radical (unpaired) electrons. The number of carbonyl (C=O) groups excluding carboxylic acids is 1. The molecule has 2 aromatic carbocycles. The van der Waals surface area contributed by atoms with Gasteiger partial charge in [-0.25, -0.2) is 4.98 Å². The Morgan fingerprint density at radius 2 is 1.88 bits per heavy atom. The fraction of sp³-hybridized carbons (Fsp3) is 0.167. The lowest BCUT2D eigenvalue weighted by Gasteiger charge is -2.06. The van der Waals surface area contributed by atoms with E-state index in [2.05, 4.69) is 35.9 Å². The van der Waals surface area contributed by atoms with Crippen LogP contribution < -0.4 is 5.32 Å². The fourth-order valence-electron chi connectivity index (χ4n) is 2.89. The number of nitrogens with one attached hydrogen (secondary N) is 3. The zero-order valence-electron chi connectivity index (χ0n) is 13.7. The molecule has 0 aliphatic heterocycles. The Bertz CT molecular complexity index is 1090. The van der Waals surface area contributed by atoms with Crippen LogP contribution in [0.4, 0.5) is 5.69 Å². The third-order valence-electron chi connectivity index (χ3n) is 4.46. The molecular formula is C18H15N7O. The molecule has 0 unspecified atom stereocenters. The van der Waals surface area contributed by atoms with Crippen molar-refractivity contribution in [2.45, 2.75) is 18.8 Å². The first-order valence-corrected chi connectivity index (χ1v) is 8.41. The van der Waals surface area contributed by atoms with Crippen LogP contribution in [-0.4, -0.2) is 36.5 Å². The number of hydrogen-bond acceptors (Lipinski definition) is 5. The molecule has 1 saturated carbocycles. The second-order valence-corrected chi connectivity index (χ2v) is 6.35. The van der Waals surface area contributed by atoms with Crippen LogP contribution in [0.5, 0.6) is 0 Å². The van der Waals surface area contributed by atoms with Crippen molar-refractivity contribution in [3.05, 3.63) is 53.9 Å². The number of para-hydroxylation sites is 1. The highest BCUT2D eigenvalue weighted by atomic mass is 16.1. The maximum absolute atomic E-state index is 12.5. The highest BCUT2D eigenvalue weighted by Gasteiger charge is 2.27. The number of carbonyl (C=O) groups is 1. The molecule has 2 heterocycles. The van der Waals surface area contributed by atoms with Gasteiger partial charge >= 0.3 is 0 Å². The van der Waals surface area contributed by atoms with Crippen molar-refractivity contribution < 1.29 is 4.79 Å². The van der Waals surface area contributed by atoms with Gasteiger partial charge in [0.1, 0.15) is 16.9 Å². The van der Waals surface area contributed by atoms with Crippen LogP contribution in [0.15, 0.2) is 42.5 Å². The Morgan fingerprint density at radius 3 is 2.69 bits per heavy atom. The predicted octanol–water partition coefficient (Wildman–Crippen LogP) is 2.87. The Balaban J connectivity index is 1.35. The van der Waals surface area contributed by atoms with Gasteiger partial charge in [0.2, 0.25) is 0 Å². The lowest BCUT2D eigenvalue weighted by atomic mass is 10.1. The summed E-state index contributed by atoms with van der Waals surface area (Å²) in [6.45, 7) is 0. The van der Waals surface area contributed by atoms with Crippen LogP contribution in [0.25, 0.3) is 22.4 Å². The molecule has 128 valence electrons. The average Bonchev–Trinajstić information content (AvgIpc) is 3.20. The molecule has 4 aromatic rings. The van der Waals surface area contributed by atoms with Crippen LogP contribution in [0.1, 0.15) is 34.9 Å². The van der Waals surface area contributed by atoms with Crippen LogP contribution in [-0.2, 0) is 0 Å². The summed E-state index contributed by atoms with van der Waals surface area (Å²) in [6, 6.07) is 12.8. The van der Waals surface area contributed by atoms with E-state index in [1.165, 1.54) is 12.8 Å². The van der Waals surface area contributed by atoms with E-state index in [1.807, 2.05) is 24.3 Å². The van der Waals surface area contributed by atoms with Gasteiger partial charge in [-0.2, -0.15) is 20.5 Å². The highest BCUT2D eigenvalue weighted by molar-refractivity contribution is 6.11. The molecule has 0 atom stereocenters. The Labute approximate surface area is 148 Å². The summed E-state index contributed by atoms with van der Waals surface area (Å²) >= 11 is 0. The van der Waals surface area contributed by atoms with Crippen molar-refractivity contribution in [2.24, 2.45) is 0 Å². The lowest BCUT2D eigenvalue weighted by molar-refractivity contribution is 0.102. The summed E-state index contributed by atoms with van der Waals surface area (Å²) in [7, 11) is 0. The Morgan fingerprint density at radius 1 is 1.04 bits per heavy atom. The molecule has 3 N–H and O–H groups in total. The van der Waals surface area contributed by atoms with Crippen molar-refractivity contribution in [3.8, 4) is 11.4 Å². The van der Waals surface area contributed by atoms with Gasteiger partial charge in [0, 0.05) is 17.2 Å². The zero-order valence-corrected chi connectivity index (χ0v) is 13.7. The molecule has 1 fully saturated rings. The quantitative estimate of drug-likeness (QED) is 0.526. The summed E-state index contributed by atoms with van der Waals surface area (Å²) in [5.74, 6) is 1.94. The summed E-state index contributed by atoms with van der Waals surface area (Å²) in [6.07, 6.45) is 2.36. The van der Waals surface area contributed by atoms with Gasteiger partial charge in [-0.05, 0) is 49.2 Å². The monoisotopic (exact) mass is 345 g/mol. The molecule has 26 heavy (non-hydrogen) atoms. The number of anilines is 1. The normalized spacial score (nSPS) is 13.8. The van der Waals surface area contributed by atoms with Gasteiger partial charge in [0.15, 0.2) is 5.82 Å². The van der Waals surface area contributed by atoms with Crippen molar-refractivity contribution in [1.82, 2.24) is 30.6 Å². The summed E-state index contributed by atoms with van der Waals surface area (Å²) < 4.78 is 0. The van der Waals surface area contributed by atoms with Crippen molar-refractivity contribution in [3.63, 3.8) is 0 Å². The third-order valence-corrected chi connectivity index (χ3v) is 4.46. The molecule has 8 heteroatoms. The minimum absolute atomic E-state index is 0.230. The second kappa shape index (κ2) is 5.76. The predicted molar refractivity (Wildman–Crippen MR) is 95.6 cm³/mol. The maximum atomic E-state index is 12.5. The van der Waals surface area contributed by atoms with E-state index in [1.54, 1.807) is 18.2 Å². The molecule has 0 saturated heterocycles. The van der Waals surface area contributed by atoms with Gasteiger partial charge in [0.25, 0.3) is 5.91 Å². The van der Waals surface area contributed by atoms with Crippen molar-refractivity contribution >= 4 is 22.6 Å². The largest absolute Gasteiger partial charge is 0.322 e. The van der Waals surface area contributed by atoms with Crippen molar-refractivity contribution in [1.29, 1.82) is 0 Å². The third kappa shape index (κ3) is 2.61. The molecule has 1 amide bonds. The fourth-order valence-corrected chi connectivity index (χ4v) is 2.89. The summed E-state index contributed by atoms with van der Waals surface area (Å²) in [5.41, 5.74) is 3.28. The second-order valence-electron chi connectivity index (χ2n) is 6.35. The highest BCUT2D eigenvalue weighted by Crippen LogP contribution is 2.38. The van der Waals surface area contributed by atoms with E-state index in [9.17, 15) is 4.79 Å². The molecule has 1 aliphatic rings. The number of benzene rings is 2. The summed E-state index contributed by atoms with van der Waals surface area (Å²) in [4.78, 5) is 17.1. The smallest absolute Gasteiger partial charge is 0.258 e. The standard InChI is InChI=1S/C18H15N7O/c26-18(13-2-1-3-14-15(13)22-25-21-14)19-12-8-6-11(7-9-12)17-20-16(23-24-17)10-4-5-10/h1-3,6-10H,4-5H2,(H,19,26)(H,20,23,24)(H,21,22,25). The Hall–Kier alpha value is -3.55. The van der Waals surface area contributed by atoms with Gasteiger partial charge in [-0.15, -0.1) is 0 Å². The number of amides is 1. The van der Waals surface area contributed by atoms with E-state index < -0.39 is 0 Å². The number of nitrogens with zero attached hydrogens (tertiary/aromatic N) is 4. The van der Waals surface area contributed by atoms with Gasteiger partial charge in [-0.3, -0.25) is 9.89 Å². The van der Waals surface area contributed by atoms with Gasteiger partial charge < -0.3 is 5.32 Å². The van der Waals surface area contributed by atoms with Gasteiger partial charge in [0.05, 0.1) is 5.56 Å². The molecule has 1 aliphatic carbocycles. The number of H-pyrrole nitrogens is 2. The molecular weight excluding hydrogens is 330 g/mol. The minimum atomic E-state index is -0.230. The number of aromatic amines is 2. The van der Waals surface area contributed by atoms with E-state index in [0.717, 1.165) is 11.4 Å². The minimum Gasteiger partial charge on any atom is -0.322 e. The van der Waals surface area contributed by atoms with Gasteiger partial charge in [-0.1, -0.05) is 6.07 Å². The summed E-state index contributed by atoms with van der Waals surface area (Å²) in [5, 5.41) is 20.7. The Kier molecular flexibility index (Phi) is 3.27. The van der Waals surface area contributed by atoms with E-state index in [-0.39, 0.29) is 5.91 Å². The van der Waals surface area contributed by atoms with Crippen LogP contribution in [0.3, 0.4) is 0 Å². The average molecular weight is 345 g/mol. The lowest BCUT2D eigenvalue weighted by Crippen LogP contribution is -2.12. The molecule has 2 aromatic heterocycles. The number of fused-ring (bicyclic) bond motifs is 1. The maximum Gasteiger partial charge on any atom is 0.258 e. The number of aromatic nitrogens is 6. The molecule has 8 nitrogen and oxygen atoms in total. The topological polar surface area (TPSA) is 112 Å². The van der Waals surface area contributed by atoms with Crippen molar-refractivity contribution in [2.75, 3.05) is 5.32 Å². The number of hydrogen-bond donors (Lipinski definition) is 3. The van der Waals surface area contributed by atoms with Crippen LogP contribution in [0, 0.1) is 0 Å². The SMILES string of the molecule is O=C(Nc1ccc(-c2n[nH]c(C3CC3)n2)cc1)c1cccc2n[nH]nc12. The molecule has 5 rings (SSSR count).